The van der Waals surface area contributed by atoms with E-state index in [1.54, 1.807) is 36.4 Å². The van der Waals surface area contributed by atoms with E-state index in [0.29, 0.717) is 16.7 Å². The molecule has 0 aliphatic heterocycles. The molecule has 0 amide bonds. The molecular formula is C17H16F2. The first-order valence-corrected chi connectivity index (χ1v) is 6.44. The van der Waals surface area contributed by atoms with Crippen LogP contribution < -0.4 is 0 Å². The van der Waals surface area contributed by atoms with Crippen LogP contribution in [0.25, 0.3) is 5.57 Å². The predicted molar refractivity (Wildman–Crippen MR) is 74.8 cm³/mol. The van der Waals surface area contributed by atoms with Gasteiger partial charge in [0.1, 0.15) is 11.6 Å². The van der Waals surface area contributed by atoms with Crippen molar-refractivity contribution in [3.05, 3.63) is 77.4 Å². The maximum atomic E-state index is 13.9. The zero-order valence-corrected chi connectivity index (χ0v) is 10.9. The highest BCUT2D eigenvalue weighted by Crippen LogP contribution is 2.28. The van der Waals surface area contributed by atoms with Crippen LogP contribution in [0.2, 0.25) is 0 Å². The van der Waals surface area contributed by atoms with Crippen LogP contribution in [-0.2, 0) is 0 Å². The Balaban J connectivity index is 2.55. The van der Waals surface area contributed by atoms with Gasteiger partial charge in [-0.1, -0.05) is 55.8 Å². The summed E-state index contributed by atoms with van der Waals surface area (Å²) in [6, 6.07) is 13.0. The molecule has 0 atom stereocenters. The van der Waals surface area contributed by atoms with Crippen LogP contribution >= 0.6 is 0 Å². The molecule has 0 N–H and O–H groups in total. The molecule has 2 heteroatoms. The lowest BCUT2D eigenvalue weighted by molar-refractivity contribution is 0.618. The Hall–Kier alpha value is -1.96. The van der Waals surface area contributed by atoms with E-state index in [0.717, 1.165) is 12.8 Å². The largest absolute Gasteiger partial charge is 0.206 e. The van der Waals surface area contributed by atoms with Gasteiger partial charge in [0.25, 0.3) is 0 Å². The van der Waals surface area contributed by atoms with Crippen LogP contribution in [0.5, 0.6) is 0 Å². The van der Waals surface area contributed by atoms with E-state index < -0.39 is 0 Å². The Morgan fingerprint density at radius 3 is 1.79 bits per heavy atom. The molecule has 98 valence electrons. The molecule has 0 fully saturated rings. The summed E-state index contributed by atoms with van der Waals surface area (Å²) in [5.41, 5.74) is 1.51. The van der Waals surface area contributed by atoms with Crippen LogP contribution in [-0.4, -0.2) is 0 Å². The van der Waals surface area contributed by atoms with Crippen LogP contribution in [0.3, 0.4) is 0 Å². The smallest absolute Gasteiger partial charge is 0.131 e. The molecule has 0 aliphatic carbocycles. The van der Waals surface area contributed by atoms with Gasteiger partial charge in [-0.25, -0.2) is 8.78 Å². The van der Waals surface area contributed by atoms with Gasteiger partial charge in [-0.2, -0.15) is 0 Å². The summed E-state index contributed by atoms with van der Waals surface area (Å²) < 4.78 is 27.8. The average molecular weight is 258 g/mol. The lowest BCUT2D eigenvalue weighted by atomic mass is 9.95. The van der Waals surface area contributed by atoms with Crippen molar-refractivity contribution < 1.29 is 8.78 Å². The number of unbranched alkanes of at least 4 members (excludes halogenated alkanes) is 1. The predicted octanol–water partition coefficient (Wildman–Crippen LogP) is 5.20. The van der Waals surface area contributed by atoms with Crippen molar-refractivity contribution in [3.63, 3.8) is 0 Å². The first kappa shape index (κ1) is 13.5. The van der Waals surface area contributed by atoms with E-state index in [4.69, 9.17) is 0 Å². The molecule has 2 rings (SSSR count). The molecule has 0 saturated carbocycles. The van der Waals surface area contributed by atoms with E-state index in [-0.39, 0.29) is 11.6 Å². The Morgan fingerprint density at radius 1 is 0.895 bits per heavy atom. The van der Waals surface area contributed by atoms with E-state index in [1.165, 1.54) is 12.1 Å². The monoisotopic (exact) mass is 258 g/mol. The number of hydrogen-bond donors (Lipinski definition) is 0. The first-order valence-electron chi connectivity index (χ1n) is 6.44. The van der Waals surface area contributed by atoms with Gasteiger partial charge in [-0.15, -0.1) is 0 Å². The summed E-state index contributed by atoms with van der Waals surface area (Å²) in [6.45, 7) is 2.04. The van der Waals surface area contributed by atoms with Gasteiger partial charge in [-0.3, -0.25) is 0 Å². The lowest BCUT2D eigenvalue weighted by Crippen LogP contribution is -1.95. The summed E-state index contributed by atoms with van der Waals surface area (Å²) >= 11 is 0. The fourth-order valence-corrected chi connectivity index (χ4v) is 2.01. The van der Waals surface area contributed by atoms with Gasteiger partial charge < -0.3 is 0 Å². The van der Waals surface area contributed by atoms with E-state index in [9.17, 15) is 8.78 Å². The summed E-state index contributed by atoms with van der Waals surface area (Å²) in [7, 11) is 0. The Labute approximate surface area is 112 Å². The highest BCUT2D eigenvalue weighted by Gasteiger charge is 2.12. The second-order valence-electron chi connectivity index (χ2n) is 4.37. The zero-order chi connectivity index (χ0) is 13.7. The van der Waals surface area contributed by atoms with Crippen molar-refractivity contribution in [1.82, 2.24) is 0 Å². The Kier molecular flexibility index (Phi) is 4.45. The highest BCUT2D eigenvalue weighted by atomic mass is 19.1. The van der Waals surface area contributed by atoms with Crippen molar-refractivity contribution in [2.24, 2.45) is 0 Å². The number of allylic oxidation sites excluding steroid dienone is 1. The quantitative estimate of drug-likeness (QED) is 0.707. The third-order valence-electron chi connectivity index (χ3n) is 2.97. The van der Waals surface area contributed by atoms with Gasteiger partial charge in [-0.05, 0) is 24.1 Å². The summed E-state index contributed by atoms with van der Waals surface area (Å²) in [6.07, 6.45) is 3.63. The number of benzene rings is 2. The van der Waals surface area contributed by atoms with Gasteiger partial charge in [0.05, 0.1) is 0 Å². The van der Waals surface area contributed by atoms with E-state index in [1.807, 2.05) is 13.0 Å². The molecule has 0 saturated heterocycles. The van der Waals surface area contributed by atoms with Gasteiger partial charge in [0.15, 0.2) is 0 Å². The summed E-state index contributed by atoms with van der Waals surface area (Å²) in [5, 5.41) is 0. The second-order valence-corrected chi connectivity index (χ2v) is 4.37. The summed E-state index contributed by atoms with van der Waals surface area (Å²) in [4.78, 5) is 0. The molecule has 0 bridgehead atoms. The molecule has 2 aromatic carbocycles. The molecule has 0 nitrogen and oxygen atoms in total. The van der Waals surface area contributed by atoms with Crippen molar-refractivity contribution in [3.8, 4) is 0 Å². The van der Waals surface area contributed by atoms with Crippen LogP contribution in [0.4, 0.5) is 8.78 Å². The minimum absolute atomic E-state index is 0.326. The molecule has 0 unspecified atom stereocenters. The van der Waals surface area contributed by atoms with Crippen LogP contribution in [0, 0.1) is 11.6 Å². The molecule has 0 aromatic heterocycles. The van der Waals surface area contributed by atoms with Crippen molar-refractivity contribution in [1.29, 1.82) is 0 Å². The highest BCUT2D eigenvalue weighted by molar-refractivity contribution is 5.80. The second kappa shape index (κ2) is 6.28. The maximum Gasteiger partial charge on any atom is 0.131 e. The molecule has 2 aromatic rings. The van der Waals surface area contributed by atoms with E-state index >= 15 is 0 Å². The molecule has 0 aliphatic rings. The molecule has 0 radical (unpaired) electrons. The maximum absolute atomic E-state index is 13.9. The SMILES string of the molecule is CCCC=C(c1ccccc1F)c1ccccc1F. The van der Waals surface area contributed by atoms with Gasteiger partial charge in [0.2, 0.25) is 0 Å². The Bertz CT molecular complexity index is 538. The Morgan fingerprint density at radius 2 is 1.37 bits per heavy atom. The number of halogens is 2. The molecular weight excluding hydrogens is 242 g/mol. The zero-order valence-electron chi connectivity index (χ0n) is 10.9. The molecule has 0 heterocycles. The third-order valence-corrected chi connectivity index (χ3v) is 2.97. The van der Waals surface area contributed by atoms with Crippen molar-refractivity contribution >= 4 is 5.57 Å². The fourth-order valence-electron chi connectivity index (χ4n) is 2.01. The normalized spacial score (nSPS) is 10.3. The van der Waals surface area contributed by atoms with Crippen LogP contribution in [0.1, 0.15) is 30.9 Å². The third kappa shape index (κ3) is 3.08. The van der Waals surface area contributed by atoms with Gasteiger partial charge >= 0.3 is 0 Å². The fraction of sp³-hybridized carbons (Fsp3) is 0.176. The van der Waals surface area contributed by atoms with Gasteiger partial charge in [0, 0.05) is 11.1 Å². The van der Waals surface area contributed by atoms with E-state index in [2.05, 4.69) is 0 Å². The molecule has 19 heavy (non-hydrogen) atoms. The van der Waals surface area contributed by atoms with Crippen molar-refractivity contribution in [2.75, 3.05) is 0 Å². The minimum Gasteiger partial charge on any atom is -0.206 e. The summed E-state index contributed by atoms with van der Waals surface area (Å²) in [5.74, 6) is -0.652. The lowest BCUT2D eigenvalue weighted by Gasteiger charge is -2.10. The first-order chi connectivity index (χ1) is 9.24. The standard InChI is InChI=1S/C17H16F2/c1-2-3-8-13(14-9-4-6-11-16(14)18)15-10-5-7-12-17(15)19/h4-12H,2-3H2,1H3. The van der Waals surface area contributed by atoms with Crippen LogP contribution in [0.15, 0.2) is 54.6 Å². The topological polar surface area (TPSA) is 0 Å². The number of rotatable bonds is 4. The number of hydrogen-bond acceptors (Lipinski definition) is 0. The minimum atomic E-state index is -0.326. The average Bonchev–Trinajstić information content (AvgIpc) is 2.42. The molecule has 0 spiro atoms. The van der Waals surface area contributed by atoms with Crippen molar-refractivity contribution in [2.45, 2.75) is 19.8 Å².